The summed E-state index contributed by atoms with van der Waals surface area (Å²) in [5.74, 6) is -1.47. The van der Waals surface area contributed by atoms with Crippen molar-refractivity contribution in [1.82, 2.24) is 4.90 Å². The van der Waals surface area contributed by atoms with Crippen molar-refractivity contribution in [3.05, 3.63) is 22.7 Å². The van der Waals surface area contributed by atoms with E-state index in [1.165, 1.54) is 19.1 Å². The summed E-state index contributed by atoms with van der Waals surface area (Å²) in [6.45, 7) is -0.744. The molecule has 0 saturated heterocycles. The van der Waals surface area contributed by atoms with E-state index in [-0.39, 0.29) is 11.6 Å². The van der Waals surface area contributed by atoms with Crippen LogP contribution in [0.25, 0.3) is 0 Å². The molecule has 0 aliphatic carbocycles. The van der Waals surface area contributed by atoms with Gasteiger partial charge in [0.2, 0.25) is 0 Å². The first-order chi connectivity index (χ1) is 9.88. The van der Waals surface area contributed by atoms with Gasteiger partial charge >= 0.3 is 11.9 Å². The third kappa shape index (κ3) is 4.80. The Balaban J connectivity index is 3.03. The van der Waals surface area contributed by atoms with Crippen LogP contribution in [0.15, 0.2) is 12.1 Å². The quantitative estimate of drug-likeness (QED) is 0.746. The molecule has 21 heavy (non-hydrogen) atoms. The van der Waals surface area contributed by atoms with E-state index in [0.29, 0.717) is 17.1 Å². The Hall–Kier alpha value is -1.99. The monoisotopic (exact) mass is 317 g/mol. The van der Waals surface area contributed by atoms with E-state index in [9.17, 15) is 9.59 Å². The average molecular weight is 318 g/mol. The fourth-order valence-corrected chi connectivity index (χ4v) is 2.14. The predicted octanol–water partition coefficient (Wildman–Crippen LogP) is 1.33. The van der Waals surface area contributed by atoms with Gasteiger partial charge in [-0.15, -0.1) is 0 Å². The molecule has 0 bridgehead atoms. The standard InChI is InChI=1S/C13H16ClNO6/c1-20-9-4-3-8(12(14)13(9)21-2)5-15(6-10(16)17)7-11(18)19/h3-4H,5-7H2,1-2H3,(H,16,17)(H,18,19). The number of carboxylic acids is 2. The molecule has 0 aliphatic heterocycles. The van der Waals surface area contributed by atoms with Gasteiger partial charge in [-0.3, -0.25) is 14.5 Å². The summed E-state index contributed by atoms with van der Waals surface area (Å²) >= 11 is 6.18. The van der Waals surface area contributed by atoms with Crippen molar-refractivity contribution < 1.29 is 29.3 Å². The minimum atomic E-state index is -1.12. The lowest BCUT2D eigenvalue weighted by Gasteiger charge is -2.20. The third-order valence-corrected chi connectivity index (χ3v) is 3.09. The van der Waals surface area contributed by atoms with Crippen LogP contribution in [-0.2, 0) is 16.1 Å². The van der Waals surface area contributed by atoms with Gasteiger partial charge in [0, 0.05) is 6.54 Å². The van der Waals surface area contributed by atoms with E-state index in [2.05, 4.69) is 0 Å². The normalized spacial score (nSPS) is 10.5. The zero-order valence-electron chi connectivity index (χ0n) is 11.6. The molecule has 0 saturated carbocycles. The van der Waals surface area contributed by atoms with E-state index >= 15 is 0 Å². The Morgan fingerprint density at radius 3 is 2.14 bits per heavy atom. The molecule has 0 aromatic heterocycles. The van der Waals surface area contributed by atoms with E-state index in [1.807, 2.05) is 0 Å². The largest absolute Gasteiger partial charge is 0.493 e. The maximum absolute atomic E-state index is 10.8. The van der Waals surface area contributed by atoms with Crippen LogP contribution >= 0.6 is 11.6 Å². The number of benzene rings is 1. The van der Waals surface area contributed by atoms with Crippen molar-refractivity contribution in [3.8, 4) is 11.5 Å². The van der Waals surface area contributed by atoms with Gasteiger partial charge in [0.1, 0.15) is 0 Å². The summed E-state index contributed by atoms with van der Waals surface area (Å²) in [7, 11) is 2.90. The lowest BCUT2D eigenvalue weighted by Crippen LogP contribution is -2.34. The predicted molar refractivity (Wildman–Crippen MR) is 75.1 cm³/mol. The molecular formula is C13H16ClNO6. The first kappa shape index (κ1) is 17.1. The number of hydrogen-bond acceptors (Lipinski definition) is 5. The zero-order valence-corrected chi connectivity index (χ0v) is 12.4. The number of halogens is 1. The Labute approximate surface area is 126 Å². The molecule has 1 aromatic rings. The number of aliphatic carboxylic acids is 2. The van der Waals surface area contributed by atoms with E-state index in [4.69, 9.17) is 31.3 Å². The molecule has 2 N–H and O–H groups in total. The van der Waals surface area contributed by atoms with E-state index < -0.39 is 25.0 Å². The molecule has 0 amide bonds. The van der Waals surface area contributed by atoms with Crippen molar-refractivity contribution in [2.45, 2.75) is 6.54 Å². The second-order valence-corrected chi connectivity index (χ2v) is 4.58. The number of hydrogen-bond donors (Lipinski definition) is 2. The molecule has 1 aromatic carbocycles. The first-order valence-corrected chi connectivity index (χ1v) is 6.32. The SMILES string of the molecule is COc1ccc(CN(CC(=O)O)CC(=O)O)c(Cl)c1OC. The van der Waals surface area contributed by atoms with Gasteiger partial charge in [0.05, 0.1) is 32.3 Å². The van der Waals surface area contributed by atoms with Crippen molar-refractivity contribution >= 4 is 23.5 Å². The summed E-state index contributed by atoms with van der Waals surface area (Å²) < 4.78 is 10.2. The topological polar surface area (TPSA) is 96.3 Å². The van der Waals surface area contributed by atoms with Gasteiger partial charge in [0.15, 0.2) is 11.5 Å². The summed E-state index contributed by atoms with van der Waals surface area (Å²) in [4.78, 5) is 22.8. The molecule has 7 nitrogen and oxygen atoms in total. The summed E-state index contributed by atoms with van der Waals surface area (Å²) in [6.07, 6.45) is 0. The third-order valence-electron chi connectivity index (χ3n) is 2.68. The first-order valence-electron chi connectivity index (χ1n) is 5.94. The molecular weight excluding hydrogens is 302 g/mol. The van der Waals surface area contributed by atoms with Crippen LogP contribution in [0, 0.1) is 0 Å². The van der Waals surface area contributed by atoms with Gasteiger partial charge in [-0.05, 0) is 11.6 Å². The van der Waals surface area contributed by atoms with Crippen LogP contribution in [0.2, 0.25) is 5.02 Å². The Morgan fingerprint density at radius 2 is 1.71 bits per heavy atom. The highest BCUT2D eigenvalue weighted by Gasteiger charge is 2.18. The highest BCUT2D eigenvalue weighted by Crippen LogP contribution is 2.37. The van der Waals surface area contributed by atoms with Gasteiger partial charge < -0.3 is 19.7 Å². The molecule has 0 aliphatic rings. The number of carboxylic acid groups (broad SMARTS) is 2. The lowest BCUT2D eigenvalue weighted by atomic mass is 10.1. The summed E-state index contributed by atoms with van der Waals surface area (Å²) in [5.41, 5.74) is 0.553. The Morgan fingerprint density at radius 1 is 1.14 bits per heavy atom. The highest BCUT2D eigenvalue weighted by molar-refractivity contribution is 6.33. The average Bonchev–Trinajstić information content (AvgIpc) is 2.39. The molecule has 0 heterocycles. The molecule has 0 spiro atoms. The van der Waals surface area contributed by atoms with E-state index in [1.54, 1.807) is 12.1 Å². The summed E-state index contributed by atoms with van der Waals surface area (Å²) in [6, 6.07) is 3.26. The molecule has 0 atom stereocenters. The van der Waals surface area contributed by atoms with E-state index in [0.717, 1.165) is 0 Å². The lowest BCUT2D eigenvalue weighted by molar-refractivity contribution is -0.142. The van der Waals surface area contributed by atoms with Crippen LogP contribution in [0.4, 0.5) is 0 Å². The minimum Gasteiger partial charge on any atom is -0.493 e. The van der Waals surface area contributed by atoms with Gasteiger partial charge in [-0.25, -0.2) is 0 Å². The van der Waals surface area contributed by atoms with Crippen molar-refractivity contribution in [2.24, 2.45) is 0 Å². The molecule has 8 heteroatoms. The molecule has 0 radical (unpaired) electrons. The number of rotatable bonds is 8. The van der Waals surface area contributed by atoms with Crippen LogP contribution in [0.5, 0.6) is 11.5 Å². The molecule has 1 rings (SSSR count). The van der Waals surface area contributed by atoms with Crippen molar-refractivity contribution in [2.75, 3.05) is 27.3 Å². The number of methoxy groups -OCH3 is 2. The molecule has 0 fully saturated rings. The smallest absolute Gasteiger partial charge is 0.317 e. The zero-order chi connectivity index (χ0) is 16.0. The van der Waals surface area contributed by atoms with Crippen LogP contribution < -0.4 is 9.47 Å². The molecule has 116 valence electrons. The maximum atomic E-state index is 10.8. The second-order valence-electron chi connectivity index (χ2n) is 4.21. The Bertz CT molecular complexity index is 518. The fraction of sp³-hybridized carbons (Fsp3) is 0.385. The minimum absolute atomic E-state index is 0.0672. The maximum Gasteiger partial charge on any atom is 0.317 e. The Kier molecular flexibility index (Phi) is 6.26. The number of nitrogens with zero attached hydrogens (tertiary/aromatic N) is 1. The second kappa shape index (κ2) is 7.70. The fourth-order valence-electron chi connectivity index (χ4n) is 1.84. The number of ether oxygens (including phenoxy) is 2. The highest BCUT2D eigenvalue weighted by atomic mass is 35.5. The van der Waals surface area contributed by atoms with Crippen LogP contribution in [-0.4, -0.2) is 54.4 Å². The van der Waals surface area contributed by atoms with Gasteiger partial charge in [0.25, 0.3) is 0 Å². The molecule has 0 unspecified atom stereocenters. The van der Waals surface area contributed by atoms with Crippen LogP contribution in [0.1, 0.15) is 5.56 Å². The van der Waals surface area contributed by atoms with Crippen LogP contribution in [0.3, 0.4) is 0 Å². The van der Waals surface area contributed by atoms with Crippen molar-refractivity contribution in [1.29, 1.82) is 0 Å². The van der Waals surface area contributed by atoms with Crippen molar-refractivity contribution in [3.63, 3.8) is 0 Å². The summed E-state index contributed by atoms with van der Waals surface area (Å²) in [5, 5.41) is 17.9. The van der Waals surface area contributed by atoms with Gasteiger partial charge in [-0.2, -0.15) is 0 Å². The van der Waals surface area contributed by atoms with Gasteiger partial charge in [-0.1, -0.05) is 17.7 Å². The number of carbonyl (C=O) groups is 2.